The van der Waals surface area contributed by atoms with Crippen molar-refractivity contribution in [1.29, 1.82) is 0 Å². The Balaban J connectivity index is 1.85. The van der Waals surface area contributed by atoms with Crippen molar-refractivity contribution < 1.29 is 4.42 Å². The minimum atomic E-state index is -0.0739. The van der Waals surface area contributed by atoms with E-state index in [-0.39, 0.29) is 5.41 Å². The summed E-state index contributed by atoms with van der Waals surface area (Å²) in [5.41, 5.74) is 7.35. The highest BCUT2D eigenvalue weighted by atomic mass is 16.3. The van der Waals surface area contributed by atoms with Crippen LogP contribution < -0.4 is 0 Å². The molecule has 5 aromatic carbocycles. The molecule has 0 radical (unpaired) electrons. The van der Waals surface area contributed by atoms with E-state index in [0.717, 1.165) is 11.2 Å². The van der Waals surface area contributed by atoms with Crippen molar-refractivity contribution in [3.05, 3.63) is 83.9 Å². The first-order valence-corrected chi connectivity index (χ1v) is 9.88. The van der Waals surface area contributed by atoms with Crippen LogP contribution in [-0.2, 0) is 5.41 Å². The standard InChI is InChI=1S/C27H18O/c1-27(2)21-12-6-5-10-17(21)20-14-19-16-9-4-3-8-15(16)18-11-7-13-22-23(18)24(19)26(28-22)25(20)27/h3-14H,1-2H3. The van der Waals surface area contributed by atoms with Gasteiger partial charge in [-0.25, -0.2) is 0 Å². The van der Waals surface area contributed by atoms with Crippen LogP contribution in [0.3, 0.4) is 0 Å². The predicted molar refractivity (Wildman–Crippen MR) is 117 cm³/mol. The van der Waals surface area contributed by atoms with E-state index >= 15 is 0 Å². The predicted octanol–water partition coefficient (Wildman–Crippen LogP) is 7.64. The fourth-order valence-corrected chi connectivity index (χ4v) is 5.61. The van der Waals surface area contributed by atoms with Gasteiger partial charge in [0.25, 0.3) is 0 Å². The van der Waals surface area contributed by atoms with E-state index in [2.05, 4.69) is 86.6 Å². The van der Waals surface area contributed by atoms with Crippen LogP contribution in [0.5, 0.6) is 0 Å². The average molecular weight is 358 g/mol. The molecule has 0 saturated heterocycles. The van der Waals surface area contributed by atoms with Crippen LogP contribution >= 0.6 is 0 Å². The molecule has 7 rings (SSSR count). The van der Waals surface area contributed by atoms with E-state index in [1.165, 1.54) is 54.6 Å². The van der Waals surface area contributed by atoms with Crippen LogP contribution in [0.15, 0.2) is 77.2 Å². The normalized spacial score (nSPS) is 15.1. The van der Waals surface area contributed by atoms with Gasteiger partial charge in [0.2, 0.25) is 0 Å². The lowest BCUT2D eigenvalue weighted by molar-refractivity contribution is 0.620. The molecule has 0 bridgehead atoms. The number of benzene rings is 5. The molecule has 0 saturated carbocycles. The van der Waals surface area contributed by atoms with E-state index in [0.29, 0.717) is 0 Å². The summed E-state index contributed by atoms with van der Waals surface area (Å²) in [4.78, 5) is 0. The zero-order valence-corrected chi connectivity index (χ0v) is 15.8. The molecule has 0 N–H and O–H groups in total. The lowest BCUT2D eigenvalue weighted by atomic mass is 9.81. The van der Waals surface area contributed by atoms with Crippen molar-refractivity contribution in [2.75, 3.05) is 0 Å². The molecule has 1 aliphatic rings. The molecule has 0 spiro atoms. The van der Waals surface area contributed by atoms with Crippen LogP contribution in [0.1, 0.15) is 25.0 Å². The van der Waals surface area contributed by atoms with Gasteiger partial charge in [0.05, 0.1) is 0 Å². The Bertz CT molecular complexity index is 1580. The van der Waals surface area contributed by atoms with Gasteiger partial charge in [0.15, 0.2) is 0 Å². The summed E-state index contributed by atoms with van der Waals surface area (Å²) in [6.07, 6.45) is 0. The van der Waals surface area contributed by atoms with Gasteiger partial charge in [-0.3, -0.25) is 0 Å². The molecule has 132 valence electrons. The Labute approximate surface area is 162 Å². The van der Waals surface area contributed by atoms with Crippen molar-refractivity contribution in [2.45, 2.75) is 19.3 Å². The van der Waals surface area contributed by atoms with Crippen molar-refractivity contribution in [1.82, 2.24) is 0 Å². The Morgan fingerprint density at radius 3 is 2.21 bits per heavy atom. The van der Waals surface area contributed by atoms with Gasteiger partial charge in [-0.2, -0.15) is 0 Å². The van der Waals surface area contributed by atoms with Crippen LogP contribution in [0.25, 0.3) is 54.6 Å². The van der Waals surface area contributed by atoms with Gasteiger partial charge in [-0.05, 0) is 50.4 Å². The molecule has 28 heavy (non-hydrogen) atoms. The Kier molecular flexibility index (Phi) is 2.39. The van der Waals surface area contributed by atoms with Crippen molar-refractivity contribution in [3.8, 4) is 11.1 Å². The summed E-state index contributed by atoms with van der Waals surface area (Å²) >= 11 is 0. The number of furan rings is 1. The molecule has 0 atom stereocenters. The van der Waals surface area contributed by atoms with Gasteiger partial charge in [-0.15, -0.1) is 0 Å². The zero-order chi connectivity index (χ0) is 18.6. The fraction of sp³-hybridized carbons (Fsp3) is 0.111. The number of rotatable bonds is 0. The summed E-state index contributed by atoms with van der Waals surface area (Å²) in [6, 6.07) is 26.4. The van der Waals surface area contributed by atoms with Crippen molar-refractivity contribution in [3.63, 3.8) is 0 Å². The molecular weight excluding hydrogens is 340 g/mol. The molecule has 1 aliphatic carbocycles. The largest absolute Gasteiger partial charge is 0.456 e. The maximum Gasteiger partial charge on any atom is 0.140 e. The lowest BCUT2D eigenvalue weighted by Gasteiger charge is -2.21. The highest BCUT2D eigenvalue weighted by Crippen LogP contribution is 2.55. The molecule has 1 nitrogen and oxygen atoms in total. The number of hydrogen-bond donors (Lipinski definition) is 0. The minimum absolute atomic E-state index is 0.0739. The third-order valence-electron chi connectivity index (χ3n) is 6.79. The van der Waals surface area contributed by atoms with Gasteiger partial charge in [0, 0.05) is 21.8 Å². The Morgan fingerprint density at radius 2 is 1.36 bits per heavy atom. The topological polar surface area (TPSA) is 13.1 Å². The SMILES string of the molecule is CC1(C)c2ccccc2-c2cc3c4ccccc4c4cccc5oc(c21)c3c54. The molecule has 0 fully saturated rings. The third-order valence-corrected chi connectivity index (χ3v) is 6.79. The summed E-state index contributed by atoms with van der Waals surface area (Å²) in [5, 5.41) is 7.74. The first-order chi connectivity index (χ1) is 13.7. The Morgan fingerprint density at radius 1 is 0.643 bits per heavy atom. The van der Waals surface area contributed by atoms with Gasteiger partial charge in [-0.1, -0.05) is 74.5 Å². The molecule has 0 unspecified atom stereocenters. The monoisotopic (exact) mass is 358 g/mol. The number of fused-ring (bicyclic) bond motifs is 7. The lowest BCUT2D eigenvalue weighted by Crippen LogP contribution is -2.15. The second-order valence-electron chi connectivity index (χ2n) is 8.55. The van der Waals surface area contributed by atoms with E-state index in [9.17, 15) is 0 Å². The summed E-state index contributed by atoms with van der Waals surface area (Å²) in [6.45, 7) is 4.65. The highest BCUT2D eigenvalue weighted by Gasteiger charge is 2.39. The van der Waals surface area contributed by atoms with Crippen LogP contribution in [0, 0.1) is 0 Å². The van der Waals surface area contributed by atoms with Crippen molar-refractivity contribution in [2.24, 2.45) is 0 Å². The summed E-state index contributed by atoms with van der Waals surface area (Å²) in [5.74, 6) is 0. The van der Waals surface area contributed by atoms with E-state index < -0.39 is 0 Å². The second kappa shape index (κ2) is 4.56. The molecule has 1 heteroatoms. The summed E-state index contributed by atoms with van der Waals surface area (Å²) in [7, 11) is 0. The summed E-state index contributed by atoms with van der Waals surface area (Å²) < 4.78 is 6.60. The smallest absolute Gasteiger partial charge is 0.140 e. The first-order valence-electron chi connectivity index (χ1n) is 9.88. The van der Waals surface area contributed by atoms with Gasteiger partial charge >= 0.3 is 0 Å². The van der Waals surface area contributed by atoms with Crippen LogP contribution in [0.2, 0.25) is 0 Å². The molecular formula is C27H18O. The quantitative estimate of drug-likeness (QED) is 0.254. The fourth-order valence-electron chi connectivity index (χ4n) is 5.61. The van der Waals surface area contributed by atoms with E-state index in [1.807, 2.05) is 0 Å². The third kappa shape index (κ3) is 1.49. The zero-order valence-electron chi connectivity index (χ0n) is 15.8. The molecule has 0 aliphatic heterocycles. The molecule has 1 heterocycles. The molecule has 0 amide bonds. The maximum atomic E-state index is 6.60. The Hall–Kier alpha value is -3.32. The van der Waals surface area contributed by atoms with E-state index in [1.54, 1.807) is 0 Å². The van der Waals surface area contributed by atoms with Gasteiger partial charge in [0.1, 0.15) is 11.2 Å². The second-order valence-corrected chi connectivity index (χ2v) is 8.55. The van der Waals surface area contributed by atoms with Crippen molar-refractivity contribution >= 4 is 43.5 Å². The first kappa shape index (κ1) is 14.7. The number of hydrogen-bond acceptors (Lipinski definition) is 1. The maximum absolute atomic E-state index is 6.60. The van der Waals surface area contributed by atoms with E-state index in [4.69, 9.17) is 4.42 Å². The molecule has 6 aromatic rings. The highest BCUT2D eigenvalue weighted by molar-refractivity contribution is 6.34. The minimum Gasteiger partial charge on any atom is -0.456 e. The van der Waals surface area contributed by atoms with Crippen LogP contribution in [-0.4, -0.2) is 0 Å². The van der Waals surface area contributed by atoms with Gasteiger partial charge < -0.3 is 4.42 Å². The molecule has 1 aromatic heterocycles. The van der Waals surface area contributed by atoms with Crippen LogP contribution in [0.4, 0.5) is 0 Å². The average Bonchev–Trinajstić information content (AvgIpc) is 3.21.